The topological polar surface area (TPSA) is 166 Å². The number of rotatable bonds is 3. The summed E-state index contributed by atoms with van der Waals surface area (Å²) < 4.78 is 69.2. The minimum atomic E-state index is -4.96. The predicted octanol–water partition coefficient (Wildman–Crippen LogP) is -5.05. The van der Waals surface area contributed by atoms with Gasteiger partial charge >= 0.3 is 59.1 Å². The third-order valence-electron chi connectivity index (χ3n) is 3.57. The van der Waals surface area contributed by atoms with Gasteiger partial charge in [0.25, 0.3) is 0 Å². The molecule has 12 heteroatoms. The van der Waals surface area contributed by atoms with Crippen LogP contribution in [0.15, 0.2) is 34.1 Å². The zero-order chi connectivity index (χ0) is 18.4. The molecule has 130 valence electrons. The summed E-state index contributed by atoms with van der Waals surface area (Å²) in [5.74, 6) is 0. The Morgan fingerprint density at radius 1 is 0.692 bits per heavy atom. The predicted molar refractivity (Wildman–Crippen MR) is 86.1 cm³/mol. The van der Waals surface area contributed by atoms with Gasteiger partial charge in [-0.1, -0.05) is 0 Å². The number of hydrogen-bond donors (Lipinski definition) is 2. The van der Waals surface area contributed by atoms with E-state index < -0.39 is 30.0 Å². The van der Waals surface area contributed by atoms with Crippen molar-refractivity contribution in [2.24, 2.45) is 0 Å². The number of benzene rings is 2. The largest absolute Gasteiger partial charge is 1.00 e. The van der Waals surface area contributed by atoms with Crippen molar-refractivity contribution in [3.63, 3.8) is 0 Å². The average molecular weight is 416 g/mol. The second-order valence-electron chi connectivity index (χ2n) is 5.32. The molecule has 0 saturated carbocycles. The van der Waals surface area contributed by atoms with Crippen LogP contribution in [0.5, 0.6) is 0 Å². The molecule has 0 aromatic heterocycles. The third kappa shape index (κ3) is 5.44. The van der Waals surface area contributed by atoms with Crippen LogP contribution in [0.4, 0.5) is 11.4 Å². The zero-order valence-corrected chi connectivity index (χ0v) is 20.4. The summed E-state index contributed by atoms with van der Waals surface area (Å²) in [6, 6.07) is 4.39. The van der Waals surface area contributed by atoms with E-state index in [1.807, 2.05) is 0 Å². The van der Waals surface area contributed by atoms with Gasteiger partial charge in [0.2, 0.25) is 0 Å². The molecule has 0 heterocycles. The van der Waals surface area contributed by atoms with Gasteiger partial charge in [-0.3, -0.25) is 0 Å². The summed E-state index contributed by atoms with van der Waals surface area (Å²) >= 11 is 0. The molecule has 0 bridgehead atoms. The number of nitrogen functional groups attached to an aromatic ring is 2. The molecule has 0 atom stereocenters. The van der Waals surface area contributed by atoms with Crippen molar-refractivity contribution in [1.29, 1.82) is 0 Å². The maximum Gasteiger partial charge on any atom is 1.00 e. The van der Waals surface area contributed by atoms with Crippen molar-refractivity contribution < 1.29 is 85.1 Å². The van der Waals surface area contributed by atoms with Crippen molar-refractivity contribution in [3.05, 3.63) is 35.4 Å². The van der Waals surface area contributed by atoms with Gasteiger partial charge in [0.05, 0.1) is 9.79 Å². The van der Waals surface area contributed by atoms with E-state index in [1.54, 1.807) is 13.8 Å². The molecule has 4 N–H and O–H groups in total. The minimum Gasteiger partial charge on any atom is -0.744 e. The standard InChI is InChI=1S/C14H16N2O6S2.2Na/c1-7-3-9(13(5-11(7)15)23(17,18)19)10-4-8(2)12(16)6-14(10)24(20,21)22;;/h3-6H,15-16H2,1-2H3,(H,17,18,19)(H,20,21,22);;/q;2*+1/p-2. The second kappa shape index (κ2) is 8.91. The van der Waals surface area contributed by atoms with Gasteiger partial charge in [0, 0.05) is 22.5 Å². The quantitative estimate of drug-likeness (QED) is 0.285. The van der Waals surface area contributed by atoms with E-state index in [1.165, 1.54) is 12.1 Å². The van der Waals surface area contributed by atoms with Crippen LogP contribution in [0.3, 0.4) is 0 Å². The van der Waals surface area contributed by atoms with E-state index in [2.05, 4.69) is 0 Å². The molecule has 2 aromatic rings. The van der Waals surface area contributed by atoms with Crippen LogP contribution >= 0.6 is 0 Å². The fraction of sp³-hybridized carbons (Fsp3) is 0.143. The summed E-state index contributed by atoms with van der Waals surface area (Å²) in [6.07, 6.45) is 0. The Kier molecular flexibility index (Phi) is 8.86. The minimum absolute atomic E-state index is 0. The van der Waals surface area contributed by atoms with Gasteiger partial charge < -0.3 is 20.6 Å². The van der Waals surface area contributed by atoms with Gasteiger partial charge in [0.1, 0.15) is 20.2 Å². The average Bonchev–Trinajstić information content (AvgIpc) is 2.41. The van der Waals surface area contributed by atoms with E-state index in [4.69, 9.17) is 11.5 Å². The summed E-state index contributed by atoms with van der Waals surface area (Å²) in [5.41, 5.74) is 11.8. The molecule has 2 rings (SSSR count). The molecule has 0 aliphatic heterocycles. The summed E-state index contributed by atoms with van der Waals surface area (Å²) in [5, 5.41) is 0. The fourth-order valence-corrected chi connectivity index (χ4v) is 3.66. The molecule has 0 amide bonds. The van der Waals surface area contributed by atoms with Gasteiger partial charge in [-0.2, -0.15) is 0 Å². The molecular formula is C14H14N2Na2O6S2. The number of aryl methyl sites for hydroxylation is 2. The monoisotopic (exact) mass is 416 g/mol. The van der Waals surface area contributed by atoms with Crippen LogP contribution in [0.2, 0.25) is 0 Å². The zero-order valence-electron chi connectivity index (χ0n) is 14.7. The van der Waals surface area contributed by atoms with E-state index in [-0.39, 0.29) is 81.6 Å². The molecule has 26 heavy (non-hydrogen) atoms. The molecular weight excluding hydrogens is 402 g/mol. The Labute approximate surface area is 196 Å². The van der Waals surface area contributed by atoms with E-state index in [9.17, 15) is 25.9 Å². The first-order valence-corrected chi connectivity index (χ1v) is 9.36. The van der Waals surface area contributed by atoms with Crippen LogP contribution in [0.25, 0.3) is 11.1 Å². The smallest absolute Gasteiger partial charge is 0.744 e. The molecule has 8 nitrogen and oxygen atoms in total. The molecule has 0 aliphatic rings. The maximum atomic E-state index is 11.5. The summed E-state index contributed by atoms with van der Waals surface area (Å²) in [4.78, 5) is -1.42. The van der Waals surface area contributed by atoms with Crippen LogP contribution in [0, 0.1) is 13.8 Å². The third-order valence-corrected chi connectivity index (χ3v) is 5.32. The molecule has 2 aromatic carbocycles. The normalized spacial score (nSPS) is 11.4. The first-order valence-electron chi connectivity index (χ1n) is 6.54. The Hall–Kier alpha value is -0.140. The van der Waals surface area contributed by atoms with Crippen molar-refractivity contribution in [2.75, 3.05) is 11.5 Å². The Balaban J connectivity index is 0.00000312. The first-order chi connectivity index (χ1) is 10.8. The van der Waals surface area contributed by atoms with Gasteiger partial charge in [-0.15, -0.1) is 0 Å². The van der Waals surface area contributed by atoms with E-state index >= 15 is 0 Å². The Bertz CT molecular complexity index is 968. The molecule has 0 saturated heterocycles. The van der Waals surface area contributed by atoms with Crippen molar-refractivity contribution >= 4 is 31.6 Å². The van der Waals surface area contributed by atoms with Crippen LogP contribution in [0.1, 0.15) is 11.1 Å². The number of nitrogens with two attached hydrogens (primary N) is 2. The van der Waals surface area contributed by atoms with Crippen LogP contribution in [-0.4, -0.2) is 25.9 Å². The first kappa shape index (κ1) is 25.9. The van der Waals surface area contributed by atoms with Crippen molar-refractivity contribution in [3.8, 4) is 11.1 Å². The molecule has 0 unspecified atom stereocenters. The van der Waals surface area contributed by atoms with Crippen molar-refractivity contribution in [1.82, 2.24) is 0 Å². The van der Waals surface area contributed by atoms with Gasteiger partial charge in [-0.05, 0) is 49.2 Å². The van der Waals surface area contributed by atoms with Crippen LogP contribution < -0.4 is 70.6 Å². The van der Waals surface area contributed by atoms with E-state index in [0.29, 0.717) is 11.1 Å². The molecule has 0 aliphatic carbocycles. The molecule has 0 radical (unpaired) electrons. The summed E-state index contributed by atoms with van der Waals surface area (Å²) in [7, 11) is -9.93. The Morgan fingerprint density at radius 2 is 0.962 bits per heavy atom. The summed E-state index contributed by atoms with van der Waals surface area (Å²) in [6.45, 7) is 3.10. The number of anilines is 2. The SMILES string of the molecule is Cc1cc(-c2cc(C)c(N)cc2S(=O)(=O)[O-])c(S(=O)(=O)[O-])cc1N.[Na+].[Na+]. The van der Waals surface area contributed by atoms with E-state index in [0.717, 1.165) is 12.1 Å². The van der Waals surface area contributed by atoms with Gasteiger partial charge in [0.15, 0.2) is 0 Å². The van der Waals surface area contributed by atoms with Crippen LogP contribution in [-0.2, 0) is 20.2 Å². The Morgan fingerprint density at radius 3 is 1.19 bits per heavy atom. The van der Waals surface area contributed by atoms with Gasteiger partial charge in [-0.25, -0.2) is 16.8 Å². The maximum absolute atomic E-state index is 11.5. The second-order valence-corrected chi connectivity index (χ2v) is 8.01. The molecule has 0 fully saturated rings. The fourth-order valence-electron chi connectivity index (χ4n) is 2.24. The molecule has 0 spiro atoms. The van der Waals surface area contributed by atoms with Crippen molar-refractivity contribution in [2.45, 2.75) is 23.6 Å². The number of hydrogen-bond acceptors (Lipinski definition) is 8.